The molecular formula is C27H31F2N7O. The number of benzene rings is 1. The highest BCUT2D eigenvalue weighted by molar-refractivity contribution is 5.83. The van der Waals surface area contributed by atoms with E-state index in [0.29, 0.717) is 22.7 Å². The van der Waals surface area contributed by atoms with Crippen molar-refractivity contribution in [3.05, 3.63) is 59.7 Å². The average molecular weight is 508 g/mol. The molecule has 4 aromatic rings. The van der Waals surface area contributed by atoms with E-state index in [1.165, 1.54) is 6.07 Å². The molecule has 1 aromatic carbocycles. The molecule has 0 spiro atoms. The van der Waals surface area contributed by atoms with Crippen LogP contribution < -0.4 is 5.32 Å². The number of pyridine rings is 1. The smallest absolute Gasteiger partial charge is 0.229 e. The standard InChI is InChI=1S/C27H31F2N7O/c1-15(2)36-17(4)32-26-21(28)11-19(12-23(26)36)25-22(29)14-31-27(34-25)33-24-6-5-18(13-30-24)16(3)35-9-7-20(37)8-10-35/h5-6,11-16,20,37H,7-10H2,1-4H3,(H,30,31,33,34)/t16-/m0/s1. The molecule has 0 bridgehead atoms. The molecule has 5 rings (SSSR count). The third-order valence-corrected chi connectivity index (χ3v) is 7.01. The fourth-order valence-corrected chi connectivity index (χ4v) is 5.01. The Morgan fingerprint density at radius 2 is 1.76 bits per heavy atom. The number of piperidine rings is 1. The van der Waals surface area contributed by atoms with Crippen LogP contribution in [0, 0.1) is 18.6 Å². The SMILES string of the molecule is Cc1nc2c(F)cc(-c3nc(Nc4ccc([C@H](C)N5CCC(O)CC5)cn4)ncc3F)cc2n1C(C)C. The van der Waals surface area contributed by atoms with Gasteiger partial charge in [0.2, 0.25) is 5.95 Å². The maximum atomic E-state index is 14.9. The summed E-state index contributed by atoms with van der Waals surface area (Å²) in [5.74, 6) is 0.173. The van der Waals surface area contributed by atoms with E-state index >= 15 is 0 Å². The van der Waals surface area contributed by atoms with Crippen LogP contribution in [0.2, 0.25) is 0 Å². The lowest BCUT2D eigenvalue weighted by atomic mass is 10.0. The Labute approximate surface area is 214 Å². The van der Waals surface area contributed by atoms with Crippen LogP contribution in [-0.2, 0) is 0 Å². The quantitative estimate of drug-likeness (QED) is 0.365. The number of likely N-dealkylation sites (tertiary alicyclic amines) is 1. The molecule has 1 fully saturated rings. The molecule has 4 heterocycles. The summed E-state index contributed by atoms with van der Waals surface area (Å²) < 4.78 is 31.7. The topological polar surface area (TPSA) is 92.0 Å². The van der Waals surface area contributed by atoms with Crippen molar-refractivity contribution < 1.29 is 13.9 Å². The molecule has 0 radical (unpaired) electrons. The van der Waals surface area contributed by atoms with Crippen molar-refractivity contribution in [1.29, 1.82) is 0 Å². The fourth-order valence-electron chi connectivity index (χ4n) is 5.01. The van der Waals surface area contributed by atoms with Gasteiger partial charge in [-0.1, -0.05) is 6.07 Å². The number of anilines is 2. The highest BCUT2D eigenvalue weighted by atomic mass is 19.1. The van der Waals surface area contributed by atoms with E-state index in [-0.39, 0.29) is 35.3 Å². The first-order chi connectivity index (χ1) is 17.7. The lowest BCUT2D eigenvalue weighted by molar-refractivity contribution is 0.0644. The number of nitrogens with zero attached hydrogens (tertiary/aromatic N) is 6. The van der Waals surface area contributed by atoms with Gasteiger partial charge in [-0.2, -0.15) is 0 Å². The van der Waals surface area contributed by atoms with E-state index < -0.39 is 11.6 Å². The minimum Gasteiger partial charge on any atom is -0.393 e. The van der Waals surface area contributed by atoms with Crippen LogP contribution in [0.3, 0.4) is 0 Å². The molecular weight excluding hydrogens is 476 g/mol. The zero-order chi connectivity index (χ0) is 26.3. The fraction of sp³-hybridized carbons (Fsp3) is 0.407. The average Bonchev–Trinajstić information content (AvgIpc) is 3.22. The summed E-state index contributed by atoms with van der Waals surface area (Å²) in [6, 6.07) is 7.01. The highest BCUT2D eigenvalue weighted by Gasteiger charge is 2.23. The third-order valence-electron chi connectivity index (χ3n) is 7.01. The summed E-state index contributed by atoms with van der Waals surface area (Å²) in [5.41, 5.74) is 2.19. The predicted octanol–water partition coefficient (Wildman–Crippen LogP) is 5.32. The number of hydrogen-bond donors (Lipinski definition) is 2. The summed E-state index contributed by atoms with van der Waals surface area (Å²) in [7, 11) is 0. The number of fused-ring (bicyclic) bond motifs is 1. The monoisotopic (exact) mass is 507 g/mol. The molecule has 2 N–H and O–H groups in total. The van der Waals surface area contributed by atoms with Gasteiger partial charge in [0.05, 0.1) is 17.8 Å². The lowest BCUT2D eigenvalue weighted by Crippen LogP contribution is -2.37. The van der Waals surface area contributed by atoms with E-state index in [1.54, 1.807) is 12.3 Å². The number of imidazole rings is 1. The number of halogens is 2. The Morgan fingerprint density at radius 1 is 1.00 bits per heavy atom. The molecule has 3 aromatic heterocycles. The van der Waals surface area contributed by atoms with Crippen LogP contribution in [0.4, 0.5) is 20.5 Å². The number of rotatable bonds is 6. The summed E-state index contributed by atoms with van der Waals surface area (Å²) in [6.07, 6.45) is 4.20. The van der Waals surface area contributed by atoms with Crippen molar-refractivity contribution in [1.82, 2.24) is 29.4 Å². The van der Waals surface area contributed by atoms with Crippen molar-refractivity contribution in [2.75, 3.05) is 18.4 Å². The molecule has 1 saturated heterocycles. The number of aryl methyl sites for hydroxylation is 1. The molecule has 37 heavy (non-hydrogen) atoms. The van der Waals surface area contributed by atoms with Crippen LogP contribution >= 0.6 is 0 Å². The molecule has 0 unspecified atom stereocenters. The first-order valence-corrected chi connectivity index (χ1v) is 12.6. The molecule has 0 amide bonds. The van der Waals surface area contributed by atoms with Crippen molar-refractivity contribution in [3.63, 3.8) is 0 Å². The molecule has 1 aliphatic rings. The molecule has 0 saturated carbocycles. The maximum absolute atomic E-state index is 14.9. The normalized spacial score (nSPS) is 16.0. The first-order valence-electron chi connectivity index (χ1n) is 12.6. The van der Waals surface area contributed by atoms with Crippen molar-refractivity contribution in [2.45, 2.75) is 58.7 Å². The van der Waals surface area contributed by atoms with Gasteiger partial charge in [0.15, 0.2) is 11.6 Å². The first kappa shape index (κ1) is 25.2. The molecule has 8 nitrogen and oxygen atoms in total. The number of hydrogen-bond acceptors (Lipinski definition) is 7. The van der Waals surface area contributed by atoms with E-state index in [0.717, 1.165) is 37.7 Å². The second kappa shape index (κ2) is 10.1. The highest BCUT2D eigenvalue weighted by Crippen LogP contribution is 2.31. The van der Waals surface area contributed by atoms with E-state index in [9.17, 15) is 13.9 Å². The zero-order valence-electron chi connectivity index (χ0n) is 21.4. The van der Waals surface area contributed by atoms with Gasteiger partial charge in [0.1, 0.15) is 22.9 Å². The molecule has 10 heteroatoms. The summed E-state index contributed by atoms with van der Waals surface area (Å²) in [6.45, 7) is 9.61. The Morgan fingerprint density at radius 3 is 2.43 bits per heavy atom. The Kier molecular flexibility index (Phi) is 6.87. The molecule has 194 valence electrons. The number of nitrogens with one attached hydrogen (secondary N) is 1. The van der Waals surface area contributed by atoms with E-state index in [4.69, 9.17) is 0 Å². The molecule has 1 aliphatic heterocycles. The number of aliphatic hydroxyl groups is 1. The summed E-state index contributed by atoms with van der Waals surface area (Å²) >= 11 is 0. The van der Waals surface area contributed by atoms with Crippen LogP contribution in [-0.4, -0.2) is 53.7 Å². The minimum absolute atomic E-state index is 0.00927. The van der Waals surface area contributed by atoms with Gasteiger partial charge in [-0.25, -0.2) is 28.7 Å². The lowest BCUT2D eigenvalue weighted by Gasteiger charge is -2.34. The van der Waals surface area contributed by atoms with Crippen LogP contribution in [0.5, 0.6) is 0 Å². The van der Waals surface area contributed by atoms with Gasteiger partial charge in [-0.15, -0.1) is 0 Å². The Hall–Kier alpha value is -3.50. The van der Waals surface area contributed by atoms with Crippen molar-refractivity contribution in [2.24, 2.45) is 0 Å². The van der Waals surface area contributed by atoms with Crippen molar-refractivity contribution >= 4 is 22.8 Å². The molecule has 0 aliphatic carbocycles. The zero-order valence-corrected chi connectivity index (χ0v) is 21.4. The summed E-state index contributed by atoms with van der Waals surface area (Å²) in [4.78, 5) is 19.5. The van der Waals surface area contributed by atoms with E-state index in [1.807, 2.05) is 37.5 Å². The van der Waals surface area contributed by atoms with Crippen LogP contribution in [0.1, 0.15) is 57.1 Å². The second-order valence-electron chi connectivity index (χ2n) is 9.88. The Balaban J connectivity index is 1.39. The van der Waals surface area contributed by atoms with Gasteiger partial charge >= 0.3 is 0 Å². The van der Waals surface area contributed by atoms with Gasteiger partial charge < -0.3 is 15.0 Å². The predicted molar refractivity (Wildman–Crippen MR) is 139 cm³/mol. The summed E-state index contributed by atoms with van der Waals surface area (Å²) in [5, 5.41) is 12.8. The van der Waals surface area contributed by atoms with E-state index in [2.05, 4.69) is 37.1 Å². The minimum atomic E-state index is -0.652. The van der Waals surface area contributed by atoms with Crippen LogP contribution in [0.15, 0.2) is 36.7 Å². The third kappa shape index (κ3) is 5.03. The van der Waals surface area contributed by atoms with Crippen LogP contribution in [0.25, 0.3) is 22.3 Å². The maximum Gasteiger partial charge on any atom is 0.229 e. The van der Waals surface area contributed by atoms with Gasteiger partial charge in [0.25, 0.3) is 0 Å². The molecule has 1 atom stereocenters. The largest absolute Gasteiger partial charge is 0.393 e. The van der Waals surface area contributed by atoms with Gasteiger partial charge in [-0.3, -0.25) is 4.90 Å². The Bertz CT molecular complexity index is 1410. The van der Waals surface area contributed by atoms with Gasteiger partial charge in [-0.05, 0) is 64.3 Å². The van der Waals surface area contributed by atoms with Gasteiger partial charge in [0, 0.05) is 36.9 Å². The second-order valence-corrected chi connectivity index (χ2v) is 9.88. The van der Waals surface area contributed by atoms with Crippen molar-refractivity contribution in [3.8, 4) is 11.3 Å². The number of aromatic nitrogens is 5. The number of aliphatic hydroxyl groups excluding tert-OH is 1.